The fourth-order valence-electron chi connectivity index (χ4n) is 26.4. The van der Waals surface area contributed by atoms with Crippen molar-refractivity contribution in [1.29, 1.82) is 0 Å². The van der Waals surface area contributed by atoms with Gasteiger partial charge in [0.05, 0.1) is 96.9 Å². The highest BCUT2D eigenvalue weighted by molar-refractivity contribution is 6.87. The predicted octanol–water partition coefficient (Wildman–Crippen LogP) is 40.0. The van der Waals surface area contributed by atoms with E-state index in [1.165, 1.54) is 109 Å². The summed E-state index contributed by atoms with van der Waals surface area (Å²) in [5.41, 5.74) is 0.950. The minimum Gasteiger partial charge on any atom is -0.352 e. The first kappa shape index (κ1) is 135. The van der Waals surface area contributed by atoms with Crippen LogP contribution in [0.2, 0.25) is 290 Å². The van der Waals surface area contributed by atoms with Gasteiger partial charge in [-0.25, -0.2) is 0 Å². The quantitative estimate of drug-likeness (QED) is 0.0345. The van der Waals surface area contributed by atoms with Crippen LogP contribution in [-0.2, 0) is 0 Å². The van der Waals surface area contributed by atoms with E-state index >= 15 is 14.4 Å². The lowest BCUT2D eigenvalue weighted by Crippen LogP contribution is -2.39. The Hall–Kier alpha value is -6.79. The fraction of sp³-hybridized carbons (Fsp3) is 0.500. The summed E-state index contributed by atoms with van der Waals surface area (Å²) in [7, 11) is -23.3. The van der Waals surface area contributed by atoms with E-state index in [2.05, 4.69) is 358 Å². The van der Waals surface area contributed by atoms with Gasteiger partial charge in [-0.05, 0) is 201 Å². The molecule has 0 spiro atoms. The monoisotopic (exact) mass is 2150 g/mol. The van der Waals surface area contributed by atoms with Gasteiger partial charge in [0.1, 0.15) is 0 Å². The molecule has 1 rings (SSSR count). The Balaban J connectivity index is 4.84. The maximum atomic E-state index is 15.7. The van der Waals surface area contributed by atoms with Crippen molar-refractivity contribution in [3.63, 3.8) is 0 Å². The number of benzene rings is 1. The number of rotatable bonds is 105. The molecular formula is C126H213N3O3Si12. The molecule has 3 N–H and O–H groups in total. The third-order valence-electron chi connectivity index (χ3n) is 33.5. The van der Waals surface area contributed by atoms with E-state index < -0.39 is 96.9 Å². The SMILES string of the molecule is C=CC[Si](CC=C)(CC=C)CCC[Si](CCCNC(=O)c1cc(C(=O)NCCC[Si](CCC[Si](CC=C)(CC=C)CC=C)(CCC[Si](CC=C)(CC=C)CC=C)CCC[Si](CC=C)(CC=C)CC=C)cc(C(=O)NCCC[Si](CCC[Si](CC=C)(CC=C)CC=C)(CCC[Si](CC=C)(CC=C)CC=C)CCC[Si](CC=C)(CC=C)CC=C)c1)(CCC[Si](CC=C)(CC=C)CC=C)CCC[Si](CC=C)(CC=C)CC=C. The summed E-state index contributed by atoms with van der Waals surface area (Å²) >= 11 is 0. The number of carbonyl (C=O) groups excluding carboxylic acids is 3. The molecule has 1 aromatic rings. The maximum absolute atomic E-state index is 15.7. The molecule has 3 amide bonds. The topological polar surface area (TPSA) is 87.3 Å². The lowest BCUT2D eigenvalue weighted by atomic mass is 10.0. The predicted molar refractivity (Wildman–Crippen MR) is 694 cm³/mol. The summed E-state index contributed by atoms with van der Waals surface area (Å²) < 4.78 is 0. The lowest BCUT2D eigenvalue weighted by molar-refractivity contribution is 0.0953. The van der Waals surface area contributed by atoms with Crippen LogP contribution in [0.5, 0.6) is 0 Å². The first-order valence-electron chi connectivity index (χ1n) is 55.9. The minimum atomic E-state index is -2.17. The van der Waals surface area contributed by atoms with Crippen molar-refractivity contribution in [1.82, 2.24) is 16.0 Å². The summed E-state index contributed by atoms with van der Waals surface area (Å²) in [5, 5.41) is 10.5. The van der Waals surface area contributed by atoms with Gasteiger partial charge in [-0.15, -0.1) is 178 Å². The van der Waals surface area contributed by atoms with Crippen molar-refractivity contribution in [3.8, 4) is 0 Å². The third-order valence-corrected chi connectivity index (χ3v) is 94.4. The third kappa shape index (κ3) is 49.8. The molecule has 6 nitrogen and oxygen atoms in total. The van der Waals surface area contributed by atoms with Gasteiger partial charge in [-0.2, -0.15) is 0 Å². The van der Waals surface area contributed by atoms with E-state index in [0.717, 1.165) is 258 Å². The Labute approximate surface area is 900 Å². The standard InChI is InChI=1S/C126H213N3O3Si12/c1-28-70-133(71-29-2,72-30-3)100-58-109-142(110-59-101-134(73-31-4,74-32-5)75-33-6,111-60-102-135(76-34-7,77-35-8)78-36-9)97-55-67-127-124(130)121-118-122(125(131)128-68-56-98-143(112-61-103-136(79-37-10,80-38-11)81-39-12,113-62-104-137(82-40-13,83-41-14)84-42-15)114-63-105-138(85-43-16,86-44-17)87-45-18)120-123(119-121)126(132)129-69-57-99-144(115-64-106-139(88-46-19,89-47-20)90-48-21,116-65-107-140(91-49-22,92-50-23)93-51-24)117-66-108-141(94-52-25,95-53-26)96-54-27/h28-54,118-120H,1-27,55-117H2,(H,127,130)(H,128,131)(H,129,132). The smallest absolute Gasteiger partial charge is 0.251 e. The summed E-state index contributed by atoms with van der Waals surface area (Å²) in [4.78, 5) is 47.2. The molecule has 0 saturated heterocycles. The molecule has 0 radical (unpaired) electrons. The molecule has 0 bridgehead atoms. The van der Waals surface area contributed by atoms with Gasteiger partial charge in [0.15, 0.2) is 0 Å². The molecule has 0 atom stereocenters. The largest absolute Gasteiger partial charge is 0.352 e. The molecule has 0 fully saturated rings. The number of allylic oxidation sites excluding steroid dienone is 27. The zero-order valence-corrected chi connectivity index (χ0v) is 105. The Morgan fingerprint density at radius 3 is 0.319 bits per heavy atom. The molecule has 0 heterocycles. The van der Waals surface area contributed by atoms with Crippen LogP contribution in [0.3, 0.4) is 0 Å². The average Bonchev–Trinajstić information content (AvgIpc) is 0.824. The van der Waals surface area contributed by atoms with Gasteiger partial charge in [0.25, 0.3) is 17.7 Å². The zero-order chi connectivity index (χ0) is 107. The van der Waals surface area contributed by atoms with Crippen molar-refractivity contribution >= 4 is 115 Å². The summed E-state index contributed by atoms with van der Waals surface area (Å²) in [6.07, 6.45) is 71.3. The van der Waals surface area contributed by atoms with E-state index in [1.807, 2.05) is 0 Å². The molecule has 0 saturated carbocycles. The zero-order valence-electron chi connectivity index (χ0n) is 92.7. The van der Waals surface area contributed by atoms with Gasteiger partial charge in [0, 0.05) is 36.3 Å². The summed E-state index contributed by atoms with van der Waals surface area (Å²) in [5.74, 6) is -0.826. The molecule has 18 heteroatoms. The number of nitrogens with one attached hydrogen (secondary N) is 3. The molecule has 798 valence electrons. The number of carbonyl (C=O) groups is 3. The van der Waals surface area contributed by atoms with Gasteiger partial charge in [0.2, 0.25) is 0 Å². The first-order valence-corrected chi connectivity index (χ1v) is 89.9. The van der Waals surface area contributed by atoms with E-state index in [4.69, 9.17) is 0 Å². The molecular weight excluding hydrogens is 1940 g/mol. The van der Waals surface area contributed by atoms with E-state index in [9.17, 15) is 0 Å². The molecule has 1 aromatic carbocycles. The average molecular weight is 2160 g/mol. The van der Waals surface area contributed by atoms with Crippen molar-refractivity contribution in [2.24, 2.45) is 0 Å². The Kier molecular flexibility index (Phi) is 72.8. The van der Waals surface area contributed by atoms with E-state index in [1.54, 1.807) is 18.2 Å². The van der Waals surface area contributed by atoms with Crippen molar-refractivity contribution in [2.45, 2.75) is 367 Å². The van der Waals surface area contributed by atoms with Crippen LogP contribution in [0.1, 0.15) is 108 Å². The second-order valence-electron chi connectivity index (χ2n) is 44.9. The minimum absolute atomic E-state index is 0.275. The van der Waals surface area contributed by atoms with Gasteiger partial charge in [-0.1, -0.05) is 349 Å². The fourth-order valence-corrected chi connectivity index (χ4v) is 80.1. The normalized spacial score (nSPS) is 12.2. The van der Waals surface area contributed by atoms with Crippen LogP contribution in [0.4, 0.5) is 0 Å². The highest BCUT2D eigenvalue weighted by atomic mass is 28.3. The van der Waals surface area contributed by atoms with Crippen LogP contribution in [0.15, 0.2) is 360 Å². The second-order valence-corrected chi connectivity index (χ2v) is 102. The van der Waals surface area contributed by atoms with Crippen LogP contribution in [0, 0.1) is 0 Å². The Bertz CT molecular complexity index is 3210. The highest BCUT2D eigenvalue weighted by Gasteiger charge is 2.44. The number of amides is 3. The van der Waals surface area contributed by atoms with Crippen LogP contribution < -0.4 is 16.0 Å². The second kappa shape index (κ2) is 77.5. The summed E-state index contributed by atoms with van der Waals surface area (Å²) in [6.45, 7) is 118. The van der Waals surface area contributed by atoms with Crippen molar-refractivity contribution in [3.05, 3.63) is 377 Å². The van der Waals surface area contributed by atoms with Crippen LogP contribution >= 0.6 is 0 Å². The van der Waals surface area contributed by atoms with Crippen molar-refractivity contribution in [2.75, 3.05) is 19.6 Å². The first-order chi connectivity index (χ1) is 69.5. The molecule has 0 aromatic heterocycles. The Morgan fingerprint density at radius 2 is 0.229 bits per heavy atom. The molecule has 0 unspecified atom stereocenters. The van der Waals surface area contributed by atoms with Gasteiger partial charge >= 0.3 is 0 Å². The number of hydrogen-bond acceptors (Lipinski definition) is 3. The maximum Gasteiger partial charge on any atom is 0.251 e. The molecule has 144 heavy (non-hydrogen) atoms. The summed E-state index contributed by atoms with van der Waals surface area (Å²) in [6, 6.07) is 58.4. The van der Waals surface area contributed by atoms with Crippen molar-refractivity contribution < 1.29 is 14.4 Å². The van der Waals surface area contributed by atoms with Crippen LogP contribution in [-0.4, -0.2) is 134 Å². The number of hydrogen-bond donors (Lipinski definition) is 3. The van der Waals surface area contributed by atoms with Gasteiger partial charge in [-0.3, -0.25) is 14.4 Å². The van der Waals surface area contributed by atoms with Crippen LogP contribution in [0.25, 0.3) is 0 Å². The van der Waals surface area contributed by atoms with E-state index in [0.29, 0.717) is 36.3 Å². The molecule has 0 aliphatic rings. The Morgan fingerprint density at radius 1 is 0.146 bits per heavy atom. The lowest BCUT2D eigenvalue weighted by Gasteiger charge is -2.38. The molecule has 0 aliphatic carbocycles. The highest BCUT2D eigenvalue weighted by Crippen LogP contribution is 2.47. The van der Waals surface area contributed by atoms with Gasteiger partial charge < -0.3 is 16.0 Å². The van der Waals surface area contributed by atoms with E-state index in [-0.39, 0.29) is 17.7 Å². The molecule has 0 aliphatic heterocycles.